The van der Waals surface area contributed by atoms with E-state index < -0.39 is 64.4 Å². The van der Waals surface area contributed by atoms with Gasteiger partial charge in [-0.3, -0.25) is 9.69 Å². The Labute approximate surface area is 291 Å². The van der Waals surface area contributed by atoms with Gasteiger partial charge in [0.25, 0.3) is 0 Å². The van der Waals surface area contributed by atoms with E-state index in [2.05, 4.69) is 9.97 Å². The van der Waals surface area contributed by atoms with E-state index in [-0.39, 0.29) is 89.4 Å². The minimum Gasteiger partial charge on any atom is -0.461 e. The van der Waals surface area contributed by atoms with Gasteiger partial charge in [-0.15, -0.1) is 11.3 Å². The summed E-state index contributed by atoms with van der Waals surface area (Å²) in [5.41, 5.74) is 1.59. The van der Waals surface area contributed by atoms with E-state index in [1.165, 1.54) is 4.90 Å². The van der Waals surface area contributed by atoms with E-state index in [0.717, 1.165) is 18.6 Å². The van der Waals surface area contributed by atoms with Crippen molar-refractivity contribution in [2.75, 3.05) is 56.6 Å². The van der Waals surface area contributed by atoms with Crippen molar-refractivity contribution in [2.24, 2.45) is 0 Å². The number of amides is 1. The number of nitrogens with two attached hydrogens (primary N) is 1. The highest BCUT2D eigenvalue weighted by Crippen LogP contribution is 2.48. The van der Waals surface area contributed by atoms with Gasteiger partial charge in [-0.2, -0.15) is 28.4 Å². The van der Waals surface area contributed by atoms with Crippen molar-refractivity contribution in [3.8, 4) is 23.2 Å². The largest absolute Gasteiger partial charge is 0.461 e. The quantitative estimate of drug-likeness (QED) is 0.191. The van der Waals surface area contributed by atoms with E-state index in [0.29, 0.717) is 30.4 Å². The number of likely N-dealkylation sites (tertiary alicyclic amines) is 1. The van der Waals surface area contributed by atoms with Crippen molar-refractivity contribution < 1.29 is 40.3 Å². The summed E-state index contributed by atoms with van der Waals surface area (Å²) in [5, 5.41) is 9.06. The molecule has 0 aliphatic carbocycles. The number of hydrogen-bond acceptors (Lipinski definition) is 9. The van der Waals surface area contributed by atoms with Crippen molar-refractivity contribution in [3.05, 3.63) is 41.0 Å². The Hall–Kier alpha value is -4.43. The minimum absolute atomic E-state index is 0.0466. The number of nitriles is 1. The fourth-order valence-corrected chi connectivity index (χ4v) is 8.93. The van der Waals surface area contributed by atoms with Crippen LogP contribution in [0.5, 0.6) is 6.01 Å². The molecule has 3 aliphatic heterocycles. The van der Waals surface area contributed by atoms with Gasteiger partial charge in [0.2, 0.25) is 5.91 Å². The Kier molecular flexibility index (Phi) is 8.89. The number of ether oxygens (including phenoxy) is 1. The molecule has 3 unspecified atom stereocenters. The molecule has 51 heavy (non-hydrogen) atoms. The lowest BCUT2D eigenvalue weighted by Gasteiger charge is -2.32. The smallest absolute Gasteiger partial charge is 0.417 e. The van der Waals surface area contributed by atoms with Gasteiger partial charge < -0.3 is 20.3 Å². The van der Waals surface area contributed by atoms with Crippen molar-refractivity contribution in [2.45, 2.75) is 56.5 Å². The van der Waals surface area contributed by atoms with Crippen LogP contribution >= 0.6 is 11.3 Å². The van der Waals surface area contributed by atoms with Gasteiger partial charge in [0.1, 0.15) is 47.7 Å². The normalized spacial score (nSPS) is 22.3. The number of fused-ring (bicyclic) bond motifs is 3. The van der Waals surface area contributed by atoms with E-state index in [4.69, 9.17) is 10.5 Å². The molecule has 2 N–H and O–H groups in total. The summed E-state index contributed by atoms with van der Waals surface area (Å²) in [6.07, 6.45) is -4.72. The average molecular weight is 736 g/mol. The van der Waals surface area contributed by atoms with Crippen LogP contribution in [0.4, 0.5) is 41.6 Å². The third-order valence-electron chi connectivity index (χ3n) is 10.2. The lowest BCUT2D eigenvalue weighted by molar-refractivity contribution is -0.137. The second kappa shape index (κ2) is 13.0. The molecule has 0 radical (unpaired) electrons. The van der Waals surface area contributed by atoms with Crippen LogP contribution in [-0.4, -0.2) is 89.4 Å². The first kappa shape index (κ1) is 35.0. The number of nitrogens with zero attached hydrogens (tertiary/aromatic N) is 6. The third kappa shape index (κ3) is 5.85. The monoisotopic (exact) mass is 735 g/mol. The lowest BCUT2D eigenvalue weighted by Crippen LogP contribution is -2.43. The van der Waals surface area contributed by atoms with Gasteiger partial charge in [0.15, 0.2) is 5.82 Å². The van der Waals surface area contributed by atoms with Crippen LogP contribution in [0.1, 0.15) is 43.7 Å². The predicted octanol–water partition coefficient (Wildman–Crippen LogP) is 6.61. The van der Waals surface area contributed by atoms with Crippen LogP contribution in [0.25, 0.3) is 32.1 Å². The molecule has 0 saturated carbocycles. The number of nitrogen functional groups attached to an aromatic ring is 1. The molecule has 3 saturated heterocycles. The van der Waals surface area contributed by atoms with E-state index in [9.17, 15) is 23.2 Å². The van der Waals surface area contributed by atoms with Crippen LogP contribution in [0.15, 0.2) is 18.2 Å². The Morgan fingerprint density at radius 3 is 2.73 bits per heavy atom. The number of carbonyl (C=O) groups excluding carboxylic acids is 1. The molecular weight excluding hydrogens is 703 g/mol. The highest BCUT2D eigenvalue weighted by molar-refractivity contribution is 7.23. The van der Waals surface area contributed by atoms with E-state index >= 15 is 17.6 Å². The zero-order valence-corrected chi connectivity index (χ0v) is 28.1. The summed E-state index contributed by atoms with van der Waals surface area (Å²) in [6, 6.07) is 3.30. The number of halogens is 7. The number of anilines is 2. The first-order valence-electron chi connectivity index (χ1n) is 16.4. The number of benzene rings is 2. The highest BCUT2D eigenvalue weighted by atomic mass is 32.1. The van der Waals surface area contributed by atoms with E-state index in [1.807, 2.05) is 4.90 Å². The first-order chi connectivity index (χ1) is 24.3. The SMILES string of the molecule is CCN(c1nc(OCC23CCCN2CC(F)C3)nc2c(F)c(-c3ccc(F)c4sc(N)c(C#N)c34)c(C(F)(F)F)cc12)C1CC(=O)N(CCF)C1. The molecule has 0 bridgehead atoms. The van der Waals surface area contributed by atoms with Crippen molar-refractivity contribution in [1.29, 1.82) is 5.26 Å². The molecule has 3 atom stereocenters. The molecule has 3 fully saturated rings. The summed E-state index contributed by atoms with van der Waals surface area (Å²) in [4.78, 5) is 26.3. The molecular formula is C34H32F7N7O2S. The summed E-state index contributed by atoms with van der Waals surface area (Å²) in [7, 11) is 0. The zero-order chi connectivity index (χ0) is 36.4. The van der Waals surface area contributed by atoms with Gasteiger partial charge in [0, 0.05) is 55.4 Å². The maximum atomic E-state index is 17.1. The van der Waals surface area contributed by atoms with Gasteiger partial charge in [-0.05, 0) is 44.0 Å². The summed E-state index contributed by atoms with van der Waals surface area (Å²) in [6.45, 7) is 1.70. The number of carbonyl (C=O) groups is 1. The Bertz CT molecular complexity index is 2090. The van der Waals surface area contributed by atoms with Gasteiger partial charge >= 0.3 is 12.2 Å². The predicted molar refractivity (Wildman–Crippen MR) is 177 cm³/mol. The number of hydrogen-bond donors (Lipinski definition) is 1. The van der Waals surface area contributed by atoms with Crippen LogP contribution in [0, 0.1) is 23.0 Å². The summed E-state index contributed by atoms with van der Waals surface area (Å²) >= 11 is 0.656. The Morgan fingerprint density at radius 1 is 1.24 bits per heavy atom. The average Bonchev–Trinajstić information content (AvgIpc) is 3.81. The third-order valence-corrected chi connectivity index (χ3v) is 11.3. The van der Waals surface area contributed by atoms with Crippen LogP contribution in [-0.2, 0) is 11.0 Å². The van der Waals surface area contributed by atoms with Crippen molar-refractivity contribution >= 4 is 49.1 Å². The van der Waals surface area contributed by atoms with Crippen molar-refractivity contribution in [3.63, 3.8) is 0 Å². The van der Waals surface area contributed by atoms with Gasteiger partial charge in [0.05, 0.1) is 27.4 Å². The molecule has 3 aliphatic rings. The lowest BCUT2D eigenvalue weighted by atomic mass is 9.92. The maximum absolute atomic E-state index is 17.1. The molecule has 17 heteroatoms. The molecule has 4 aromatic rings. The highest BCUT2D eigenvalue weighted by Gasteiger charge is 2.49. The van der Waals surface area contributed by atoms with Gasteiger partial charge in [-0.1, -0.05) is 6.07 Å². The van der Waals surface area contributed by atoms with E-state index in [1.54, 1.807) is 17.9 Å². The van der Waals surface area contributed by atoms with Crippen LogP contribution in [0.2, 0.25) is 0 Å². The molecule has 7 rings (SSSR count). The minimum atomic E-state index is -5.17. The number of alkyl halides is 5. The maximum Gasteiger partial charge on any atom is 0.417 e. The molecule has 2 aromatic carbocycles. The molecule has 1 amide bonds. The molecule has 2 aromatic heterocycles. The van der Waals surface area contributed by atoms with Gasteiger partial charge in [-0.25, -0.2) is 17.6 Å². The first-order valence-corrected chi connectivity index (χ1v) is 17.3. The second-order valence-corrected chi connectivity index (χ2v) is 14.2. The standard InChI is InChI=1S/C34H32F7N7O2S/c1-2-48(18-10-24(49)46(15-18)9-7-35)31-20-11-22(34(39,40)41)26(19-4-5-23(37)29-25(19)21(13-42)30(43)51-29)27(38)28(20)44-32(45-31)50-16-33-6-3-8-47(33)14-17(36)12-33/h4-5,11,17-18H,2-3,6-10,12,14-16,43H2,1H3. The summed E-state index contributed by atoms with van der Waals surface area (Å²) in [5.74, 6) is -2.79. The molecule has 9 nitrogen and oxygen atoms in total. The molecule has 5 heterocycles. The number of aromatic nitrogens is 2. The molecule has 270 valence electrons. The Balaban J connectivity index is 1.46. The van der Waals surface area contributed by atoms with Crippen LogP contribution < -0.4 is 15.4 Å². The number of likely N-dealkylation sites (N-methyl/N-ethyl adjacent to an activating group) is 1. The van der Waals surface area contributed by atoms with Crippen molar-refractivity contribution in [1.82, 2.24) is 19.8 Å². The topological polar surface area (TPSA) is 112 Å². The summed E-state index contributed by atoms with van der Waals surface area (Å²) < 4.78 is 111. The fourth-order valence-electron chi connectivity index (χ4n) is 7.98. The molecule has 0 spiro atoms. The second-order valence-electron chi connectivity index (χ2n) is 13.1. The fraction of sp³-hybridized carbons (Fsp3) is 0.471. The Morgan fingerprint density at radius 2 is 2.02 bits per heavy atom. The number of thiophene rings is 1. The zero-order valence-electron chi connectivity index (χ0n) is 27.3. The van der Waals surface area contributed by atoms with Crippen LogP contribution in [0.3, 0.4) is 0 Å². The number of rotatable bonds is 9.